The molecule has 1 fully saturated rings. The molecule has 2 amide bonds. The first-order valence-corrected chi connectivity index (χ1v) is 10.6. The van der Waals surface area contributed by atoms with Crippen LogP contribution in [0.15, 0.2) is 42.5 Å². The van der Waals surface area contributed by atoms with Gasteiger partial charge < -0.3 is 15.0 Å². The zero-order valence-corrected chi connectivity index (χ0v) is 17.3. The number of nitrogens with one attached hydrogen (secondary N) is 1. The van der Waals surface area contributed by atoms with E-state index in [1.807, 2.05) is 49.4 Å². The van der Waals surface area contributed by atoms with Crippen LogP contribution in [0.4, 0.5) is 10.8 Å². The van der Waals surface area contributed by atoms with Gasteiger partial charge in [-0.15, -0.1) is 0 Å². The maximum absolute atomic E-state index is 12.8. The molecule has 1 aliphatic heterocycles. The zero-order valence-electron chi connectivity index (χ0n) is 16.5. The van der Waals surface area contributed by atoms with E-state index >= 15 is 0 Å². The number of aromatic nitrogens is 1. The van der Waals surface area contributed by atoms with Crippen molar-refractivity contribution in [2.24, 2.45) is 5.92 Å². The molecule has 4 rings (SSSR count). The van der Waals surface area contributed by atoms with Gasteiger partial charge in [0.25, 0.3) is 0 Å². The number of thiazole rings is 1. The summed E-state index contributed by atoms with van der Waals surface area (Å²) in [6.45, 7) is 4.99. The number of benzene rings is 2. The van der Waals surface area contributed by atoms with Crippen molar-refractivity contribution >= 4 is 44.2 Å². The highest BCUT2D eigenvalue weighted by molar-refractivity contribution is 7.22. The van der Waals surface area contributed by atoms with E-state index in [0.29, 0.717) is 18.3 Å². The van der Waals surface area contributed by atoms with Gasteiger partial charge in [-0.1, -0.05) is 36.5 Å². The highest BCUT2D eigenvalue weighted by Gasteiger charge is 2.36. The highest BCUT2D eigenvalue weighted by Crippen LogP contribution is 2.32. The fourth-order valence-corrected chi connectivity index (χ4v) is 4.51. The van der Waals surface area contributed by atoms with Crippen LogP contribution >= 0.6 is 11.3 Å². The largest absolute Gasteiger partial charge is 0.494 e. The molecule has 0 radical (unpaired) electrons. The molecule has 1 saturated heterocycles. The van der Waals surface area contributed by atoms with Crippen LogP contribution in [-0.4, -0.2) is 29.9 Å². The van der Waals surface area contributed by atoms with Crippen LogP contribution in [0.2, 0.25) is 0 Å². The van der Waals surface area contributed by atoms with Crippen molar-refractivity contribution in [3.63, 3.8) is 0 Å². The first-order chi connectivity index (χ1) is 14.1. The molecule has 2 heterocycles. The summed E-state index contributed by atoms with van der Waals surface area (Å²) >= 11 is 1.41. The molecule has 1 aliphatic rings. The van der Waals surface area contributed by atoms with Crippen molar-refractivity contribution in [2.75, 3.05) is 23.4 Å². The fourth-order valence-electron chi connectivity index (χ4n) is 3.61. The van der Waals surface area contributed by atoms with E-state index in [4.69, 9.17) is 4.74 Å². The van der Waals surface area contributed by atoms with Gasteiger partial charge in [0.2, 0.25) is 11.8 Å². The van der Waals surface area contributed by atoms with Crippen molar-refractivity contribution in [3.8, 4) is 5.75 Å². The average Bonchev–Trinajstić information content (AvgIpc) is 3.30. The summed E-state index contributed by atoms with van der Waals surface area (Å²) in [5, 5.41) is 3.43. The average molecular weight is 410 g/mol. The summed E-state index contributed by atoms with van der Waals surface area (Å²) < 4.78 is 6.47. The Bertz CT molecular complexity index is 1060. The third-order valence-electron chi connectivity index (χ3n) is 5.06. The van der Waals surface area contributed by atoms with Crippen LogP contribution in [0.5, 0.6) is 5.75 Å². The van der Waals surface area contributed by atoms with Crippen molar-refractivity contribution < 1.29 is 14.3 Å². The van der Waals surface area contributed by atoms with Gasteiger partial charge in [-0.2, -0.15) is 0 Å². The van der Waals surface area contributed by atoms with Crippen LogP contribution < -0.4 is 15.0 Å². The lowest BCUT2D eigenvalue weighted by Crippen LogP contribution is -2.28. The number of para-hydroxylation sites is 1. The summed E-state index contributed by atoms with van der Waals surface area (Å²) in [6.07, 6.45) is 1.05. The van der Waals surface area contributed by atoms with Crippen LogP contribution in [0, 0.1) is 5.92 Å². The molecule has 29 heavy (non-hydrogen) atoms. The lowest BCUT2D eigenvalue weighted by atomic mass is 10.1. The van der Waals surface area contributed by atoms with Crippen LogP contribution in [0.25, 0.3) is 10.2 Å². The van der Waals surface area contributed by atoms with Gasteiger partial charge in [0.15, 0.2) is 5.13 Å². The molecule has 0 spiro atoms. The number of rotatable bonds is 6. The number of ether oxygens (including phenoxy) is 1. The van der Waals surface area contributed by atoms with Gasteiger partial charge in [-0.25, -0.2) is 4.98 Å². The number of carbonyl (C=O) groups excluding carboxylic acids is 2. The second-order valence-electron chi connectivity index (χ2n) is 6.96. The quantitative estimate of drug-likeness (QED) is 0.661. The molecule has 1 N–H and O–H groups in total. The topological polar surface area (TPSA) is 71.5 Å². The van der Waals surface area contributed by atoms with Crippen molar-refractivity contribution in [2.45, 2.75) is 26.7 Å². The normalized spacial score (nSPS) is 16.4. The summed E-state index contributed by atoms with van der Waals surface area (Å²) in [4.78, 5) is 31.6. The Balaban J connectivity index is 1.48. The first kappa shape index (κ1) is 19.4. The van der Waals surface area contributed by atoms with Gasteiger partial charge in [0.1, 0.15) is 5.75 Å². The van der Waals surface area contributed by atoms with E-state index < -0.39 is 5.92 Å². The Labute approximate surface area is 173 Å². The Morgan fingerprint density at radius 1 is 1.28 bits per heavy atom. The minimum absolute atomic E-state index is 0.0169. The number of fused-ring (bicyclic) bond motifs is 1. The molecular weight excluding hydrogens is 386 g/mol. The van der Waals surface area contributed by atoms with E-state index in [1.54, 1.807) is 4.90 Å². The van der Waals surface area contributed by atoms with Gasteiger partial charge in [0, 0.05) is 18.7 Å². The maximum atomic E-state index is 12.8. The standard InChI is InChI=1S/C22H23N3O3S/c1-3-14-7-5-6-8-18(14)25-13-15(11-20(25)26)21(27)24-22-23-17-10-9-16(28-4-2)12-19(17)29-22/h5-10,12,15H,3-4,11,13H2,1-2H3,(H,23,24,27). The Morgan fingerprint density at radius 2 is 2.10 bits per heavy atom. The monoisotopic (exact) mass is 409 g/mol. The second-order valence-corrected chi connectivity index (χ2v) is 7.99. The second kappa shape index (κ2) is 8.21. The summed E-state index contributed by atoms with van der Waals surface area (Å²) in [5.41, 5.74) is 2.83. The molecular formula is C22H23N3O3S. The number of amides is 2. The Morgan fingerprint density at radius 3 is 2.90 bits per heavy atom. The van der Waals surface area contributed by atoms with Gasteiger partial charge in [-0.3, -0.25) is 9.59 Å². The minimum Gasteiger partial charge on any atom is -0.494 e. The number of nitrogens with zero attached hydrogens (tertiary/aromatic N) is 2. The van der Waals surface area contributed by atoms with E-state index in [9.17, 15) is 9.59 Å². The number of hydrogen-bond donors (Lipinski definition) is 1. The lowest BCUT2D eigenvalue weighted by Gasteiger charge is -2.19. The Hall–Kier alpha value is -2.93. The minimum atomic E-state index is -0.390. The summed E-state index contributed by atoms with van der Waals surface area (Å²) in [6, 6.07) is 13.5. The van der Waals surface area contributed by atoms with Crippen LogP contribution in [0.1, 0.15) is 25.8 Å². The lowest BCUT2D eigenvalue weighted by molar-refractivity contribution is -0.122. The molecule has 0 aliphatic carbocycles. The number of anilines is 2. The predicted molar refractivity (Wildman–Crippen MR) is 116 cm³/mol. The van der Waals surface area contributed by atoms with Gasteiger partial charge in [0.05, 0.1) is 22.7 Å². The smallest absolute Gasteiger partial charge is 0.231 e. The van der Waals surface area contributed by atoms with E-state index in [0.717, 1.165) is 33.6 Å². The van der Waals surface area contributed by atoms with Crippen LogP contribution in [0.3, 0.4) is 0 Å². The molecule has 3 aromatic rings. The molecule has 6 nitrogen and oxygen atoms in total. The maximum Gasteiger partial charge on any atom is 0.231 e. The zero-order chi connectivity index (χ0) is 20.4. The molecule has 1 unspecified atom stereocenters. The third-order valence-corrected chi connectivity index (χ3v) is 5.99. The number of carbonyl (C=O) groups is 2. The third kappa shape index (κ3) is 3.96. The SMILES string of the molecule is CCOc1ccc2nc(NC(=O)C3CC(=O)N(c4ccccc4CC)C3)sc2c1. The first-order valence-electron chi connectivity index (χ1n) is 9.81. The molecule has 2 aromatic carbocycles. The molecule has 0 bridgehead atoms. The highest BCUT2D eigenvalue weighted by atomic mass is 32.1. The van der Waals surface area contributed by atoms with Crippen molar-refractivity contribution in [1.29, 1.82) is 0 Å². The summed E-state index contributed by atoms with van der Waals surface area (Å²) in [7, 11) is 0. The van der Waals surface area contributed by atoms with Gasteiger partial charge in [-0.05, 0) is 43.2 Å². The number of aryl methyl sites for hydroxylation is 1. The molecule has 1 atom stereocenters. The summed E-state index contributed by atoms with van der Waals surface area (Å²) in [5.74, 6) is 0.210. The van der Waals surface area contributed by atoms with E-state index in [-0.39, 0.29) is 18.2 Å². The fraction of sp³-hybridized carbons (Fsp3) is 0.318. The number of hydrogen-bond acceptors (Lipinski definition) is 5. The molecule has 150 valence electrons. The molecule has 1 aromatic heterocycles. The predicted octanol–water partition coefficient (Wildman–Crippen LogP) is 4.25. The van der Waals surface area contributed by atoms with Gasteiger partial charge >= 0.3 is 0 Å². The van der Waals surface area contributed by atoms with E-state index in [2.05, 4.69) is 17.2 Å². The molecule has 0 saturated carbocycles. The van der Waals surface area contributed by atoms with Crippen molar-refractivity contribution in [1.82, 2.24) is 4.98 Å². The molecule has 7 heteroatoms. The van der Waals surface area contributed by atoms with Crippen LogP contribution in [-0.2, 0) is 16.0 Å². The van der Waals surface area contributed by atoms with E-state index in [1.165, 1.54) is 11.3 Å². The Kier molecular flexibility index (Phi) is 5.49. The van der Waals surface area contributed by atoms with Crippen molar-refractivity contribution in [3.05, 3.63) is 48.0 Å².